The molecule has 0 saturated carbocycles. The Balaban J connectivity index is 1.67. The summed E-state index contributed by atoms with van der Waals surface area (Å²) in [7, 11) is 0. The highest BCUT2D eigenvalue weighted by molar-refractivity contribution is 7.17. The molecule has 1 aromatic carbocycles. The normalized spacial score (nSPS) is 10.6. The number of thiazole rings is 1. The molecule has 0 aliphatic rings. The van der Waals surface area contributed by atoms with Crippen LogP contribution in [0.5, 0.6) is 0 Å². The van der Waals surface area contributed by atoms with Crippen LogP contribution < -0.4 is 10.6 Å². The number of carbonyl (C=O) groups excluding carboxylic acids is 1. The minimum absolute atomic E-state index is 0.00630. The second-order valence-electron chi connectivity index (χ2n) is 5.38. The van der Waals surface area contributed by atoms with Crippen molar-refractivity contribution in [3.05, 3.63) is 69.3 Å². The zero-order valence-corrected chi connectivity index (χ0v) is 15.1. The summed E-state index contributed by atoms with van der Waals surface area (Å²) < 4.78 is 26.4. The average Bonchev–Trinajstić information content (AvgIpc) is 2.94. The number of nitrogens with zero attached hydrogens (tertiary/aromatic N) is 2. The van der Waals surface area contributed by atoms with Gasteiger partial charge in [-0.3, -0.25) is 4.79 Å². The maximum absolute atomic E-state index is 13.2. The summed E-state index contributed by atoms with van der Waals surface area (Å²) in [5.41, 5.74) is 0.871. The summed E-state index contributed by atoms with van der Waals surface area (Å²) in [5.74, 6) is -1.21. The monoisotopic (exact) mass is 394 g/mol. The van der Waals surface area contributed by atoms with E-state index in [-0.39, 0.29) is 12.5 Å². The van der Waals surface area contributed by atoms with Crippen LogP contribution in [0.15, 0.2) is 36.5 Å². The molecule has 5 nitrogen and oxygen atoms in total. The molecular formula is C17H13ClF2N4OS. The molecule has 134 valence electrons. The first-order valence-electron chi connectivity index (χ1n) is 7.50. The average molecular weight is 395 g/mol. The molecule has 0 saturated heterocycles. The van der Waals surface area contributed by atoms with Gasteiger partial charge in [0.1, 0.15) is 22.3 Å². The third-order valence-corrected chi connectivity index (χ3v) is 4.64. The first-order valence-corrected chi connectivity index (χ1v) is 8.69. The van der Waals surface area contributed by atoms with Crippen molar-refractivity contribution >= 4 is 39.8 Å². The molecule has 26 heavy (non-hydrogen) atoms. The van der Waals surface area contributed by atoms with Gasteiger partial charge >= 0.3 is 0 Å². The first kappa shape index (κ1) is 18.2. The molecule has 0 fully saturated rings. The summed E-state index contributed by atoms with van der Waals surface area (Å²) in [6.07, 6.45) is 1.50. The Morgan fingerprint density at radius 2 is 1.96 bits per heavy atom. The summed E-state index contributed by atoms with van der Waals surface area (Å²) in [6.45, 7) is 1.71. The van der Waals surface area contributed by atoms with E-state index in [9.17, 15) is 13.6 Å². The van der Waals surface area contributed by atoms with Crippen LogP contribution in [0.3, 0.4) is 0 Å². The van der Waals surface area contributed by atoms with E-state index in [1.807, 2.05) is 0 Å². The van der Waals surface area contributed by atoms with Crippen LogP contribution in [-0.4, -0.2) is 15.9 Å². The van der Waals surface area contributed by atoms with E-state index < -0.39 is 11.6 Å². The van der Waals surface area contributed by atoms with Crippen molar-refractivity contribution in [1.82, 2.24) is 15.3 Å². The highest BCUT2D eigenvalue weighted by Gasteiger charge is 2.16. The molecule has 0 unspecified atom stereocenters. The summed E-state index contributed by atoms with van der Waals surface area (Å²) in [5, 5.41) is 6.64. The molecule has 2 aromatic heterocycles. The van der Waals surface area contributed by atoms with Gasteiger partial charge in [-0.1, -0.05) is 22.9 Å². The SMILES string of the molecule is Cc1nc(Nc2ccc(Cl)cn2)sc1C(=O)NCc1cc(F)cc(F)c1. The molecular weight excluding hydrogens is 382 g/mol. The minimum atomic E-state index is -0.690. The van der Waals surface area contributed by atoms with Gasteiger partial charge in [0.25, 0.3) is 5.91 Å². The molecule has 9 heteroatoms. The van der Waals surface area contributed by atoms with Crippen molar-refractivity contribution in [3.8, 4) is 0 Å². The van der Waals surface area contributed by atoms with Crippen LogP contribution in [0, 0.1) is 18.6 Å². The van der Waals surface area contributed by atoms with Crippen LogP contribution in [0.4, 0.5) is 19.7 Å². The Labute approximate surface area is 157 Å². The van der Waals surface area contributed by atoms with Gasteiger partial charge in [0.15, 0.2) is 5.13 Å². The van der Waals surface area contributed by atoms with Crippen LogP contribution in [0.25, 0.3) is 0 Å². The molecule has 0 radical (unpaired) electrons. The number of benzene rings is 1. The van der Waals surface area contributed by atoms with Gasteiger partial charge in [0, 0.05) is 18.8 Å². The number of pyridine rings is 1. The lowest BCUT2D eigenvalue weighted by atomic mass is 10.2. The molecule has 3 aromatic rings. The Bertz CT molecular complexity index is 926. The number of anilines is 2. The highest BCUT2D eigenvalue weighted by atomic mass is 35.5. The smallest absolute Gasteiger partial charge is 0.263 e. The molecule has 1 amide bonds. The summed E-state index contributed by atoms with van der Waals surface area (Å²) in [6, 6.07) is 6.49. The van der Waals surface area contributed by atoms with Crippen LogP contribution >= 0.6 is 22.9 Å². The van der Waals surface area contributed by atoms with E-state index in [2.05, 4.69) is 20.6 Å². The van der Waals surface area contributed by atoms with Gasteiger partial charge in [-0.05, 0) is 36.8 Å². The van der Waals surface area contributed by atoms with Crippen molar-refractivity contribution in [2.75, 3.05) is 5.32 Å². The number of nitrogens with one attached hydrogen (secondary N) is 2. The van der Waals surface area contributed by atoms with Gasteiger partial charge in [-0.25, -0.2) is 18.7 Å². The van der Waals surface area contributed by atoms with Crippen molar-refractivity contribution in [1.29, 1.82) is 0 Å². The maximum atomic E-state index is 13.2. The number of rotatable bonds is 5. The molecule has 2 heterocycles. The third-order valence-electron chi connectivity index (χ3n) is 3.34. The molecule has 0 aliphatic carbocycles. The molecule has 0 bridgehead atoms. The van der Waals surface area contributed by atoms with Gasteiger partial charge in [0.05, 0.1) is 10.7 Å². The highest BCUT2D eigenvalue weighted by Crippen LogP contribution is 2.25. The molecule has 0 spiro atoms. The zero-order chi connectivity index (χ0) is 18.7. The Hall–Kier alpha value is -2.58. The van der Waals surface area contributed by atoms with Crippen LogP contribution in [-0.2, 0) is 6.54 Å². The Kier molecular flexibility index (Phi) is 5.43. The van der Waals surface area contributed by atoms with Crippen molar-refractivity contribution in [3.63, 3.8) is 0 Å². The Morgan fingerprint density at radius 3 is 2.62 bits per heavy atom. The standard InChI is InChI=1S/C17H13ClF2N4OS/c1-9-15(16(25)22-7-10-4-12(19)6-13(20)5-10)26-17(23-9)24-14-3-2-11(18)8-21-14/h2-6,8H,7H2,1H3,(H,22,25)(H,21,23,24). The van der Waals surface area contributed by atoms with E-state index in [4.69, 9.17) is 11.6 Å². The predicted molar refractivity (Wildman–Crippen MR) is 96.9 cm³/mol. The Morgan fingerprint density at radius 1 is 1.23 bits per heavy atom. The lowest BCUT2D eigenvalue weighted by Crippen LogP contribution is -2.22. The lowest BCUT2D eigenvalue weighted by molar-refractivity contribution is 0.0954. The fourth-order valence-corrected chi connectivity index (χ4v) is 3.20. The molecule has 3 rings (SSSR count). The fourth-order valence-electron chi connectivity index (χ4n) is 2.20. The maximum Gasteiger partial charge on any atom is 0.263 e. The topological polar surface area (TPSA) is 66.9 Å². The number of hydrogen-bond acceptors (Lipinski definition) is 5. The summed E-state index contributed by atoms with van der Waals surface area (Å²) in [4.78, 5) is 21.1. The van der Waals surface area contributed by atoms with Gasteiger partial charge < -0.3 is 10.6 Å². The van der Waals surface area contributed by atoms with E-state index >= 15 is 0 Å². The molecule has 0 atom stereocenters. The van der Waals surface area contributed by atoms with Gasteiger partial charge in [0.2, 0.25) is 0 Å². The van der Waals surface area contributed by atoms with E-state index in [1.165, 1.54) is 18.3 Å². The van der Waals surface area contributed by atoms with Crippen molar-refractivity contribution in [2.24, 2.45) is 0 Å². The van der Waals surface area contributed by atoms with Crippen LogP contribution in [0.2, 0.25) is 5.02 Å². The minimum Gasteiger partial charge on any atom is -0.347 e. The molecule has 0 aliphatic heterocycles. The zero-order valence-electron chi connectivity index (χ0n) is 13.5. The van der Waals surface area contributed by atoms with E-state index in [1.54, 1.807) is 19.1 Å². The van der Waals surface area contributed by atoms with Crippen molar-refractivity contribution in [2.45, 2.75) is 13.5 Å². The summed E-state index contributed by atoms with van der Waals surface area (Å²) >= 11 is 6.94. The van der Waals surface area contributed by atoms with Gasteiger partial charge in [-0.15, -0.1) is 0 Å². The number of halogens is 3. The lowest BCUT2D eigenvalue weighted by Gasteiger charge is -2.05. The molecule has 2 N–H and O–H groups in total. The number of amides is 1. The fraction of sp³-hybridized carbons (Fsp3) is 0.118. The predicted octanol–water partition coefficient (Wildman–Crippen LogP) is 4.45. The van der Waals surface area contributed by atoms with E-state index in [0.717, 1.165) is 17.4 Å². The van der Waals surface area contributed by atoms with Crippen molar-refractivity contribution < 1.29 is 13.6 Å². The number of hydrogen-bond donors (Lipinski definition) is 2. The quantitative estimate of drug-likeness (QED) is 0.670. The first-order chi connectivity index (χ1) is 12.4. The van der Waals surface area contributed by atoms with Gasteiger partial charge in [-0.2, -0.15) is 0 Å². The third kappa shape index (κ3) is 4.53. The largest absolute Gasteiger partial charge is 0.347 e. The van der Waals surface area contributed by atoms with Crippen LogP contribution in [0.1, 0.15) is 20.9 Å². The van der Waals surface area contributed by atoms with E-state index in [0.29, 0.717) is 32.1 Å². The number of aromatic nitrogens is 2. The number of aryl methyl sites for hydroxylation is 1. The second kappa shape index (κ2) is 7.76. The second-order valence-corrected chi connectivity index (χ2v) is 6.82. The number of carbonyl (C=O) groups is 1.